The van der Waals surface area contributed by atoms with Crippen molar-refractivity contribution in [2.24, 2.45) is 0 Å². The molecule has 1 unspecified atom stereocenters. The Kier molecular flexibility index (Phi) is 6.64. The minimum atomic E-state index is -3.46. The molecule has 8 heteroatoms. The molecule has 1 heterocycles. The number of fused-ring (bicyclic) bond motifs is 1. The lowest BCUT2D eigenvalue weighted by atomic mass is 10.1. The highest BCUT2D eigenvalue weighted by molar-refractivity contribution is 7.92. The molecule has 1 amide bonds. The molecule has 1 N–H and O–H groups in total. The fourth-order valence-corrected chi connectivity index (χ4v) is 4.32. The number of hydrogen-bond acceptors (Lipinski definition) is 5. The van der Waals surface area contributed by atoms with E-state index in [9.17, 15) is 13.2 Å². The van der Waals surface area contributed by atoms with Crippen molar-refractivity contribution in [1.82, 2.24) is 5.32 Å². The van der Waals surface area contributed by atoms with Gasteiger partial charge >= 0.3 is 0 Å². The molecule has 2 aromatic carbocycles. The summed E-state index contributed by atoms with van der Waals surface area (Å²) in [5.74, 6) is 0.989. The first kappa shape index (κ1) is 21.0. The van der Waals surface area contributed by atoms with Crippen molar-refractivity contribution < 1.29 is 22.7 Å². The first-order chi connectivity index (χ1) is 13.9. The zero-order valence-electron chi connectivity index (χ0n) is 16.6. The standard InChI is InChI=1S/C21H26N2O5S/c1-27-18-11-5-3-8-16(18)9-7-14-22-21(24)20-13-15-23(29(2,25)26)17-10-4-6-12-19(17)28-20/h3-6,8,10-12,20H,7,9,13-15H2,1-2H3,(H,22,24). The largest absolute Gasteiger partial charge is 0.496 e. The van der Waals surface area contributed by atoms with E-state index < -0.39 is 16.1 Å². The Morgan fingerprint density at radius 1 is 1.21 bits per heavy atom. The van der Waals surface area contributed by atoms with Crippen LogP contribution in [0.5, 0.6) is 11.5 Å². The number of benzene rings is 2. The molecule has 156 valence electrons. The summed E-state index contributed by atoms with van der Waals surface area (Å²) in [6.45, 7) is 0.684. The number of nitrogens with zero attached hydrogens (tertiary/aromatic N) is 1. The number of aryl methyl sites for hydroxylation is 1. The molecule has 7 nitrogen and oxygen atoms in total. The third kappa shape index (κ3) is 5.20. The van der Waals surface area contributed by atoms with Crippen molar-refractivity contribution in [2.45, 2.75) is 25.4 Å². The Morgan fingerprint density at radius 2 is 1.93 bits per heavy atom. The molecule has 1 aliphatic rings. The third-order valence-corrected chi connectivity index (χ3v) is 5.98. The van der Waals surface area contributed by atoms with Gasteiger partial charge in [0, 0.05) is 19.5 Å². The average molecular weight is 419 g/mol. The summed E-state index contributed by atoms with van der Waals surface area (Å²) in [7, 11) is -1.82. The predicted molar refractivity (Wildman–Crippen MR) is 112 cm³/mol. The van der Waals surface area contributed by atoms with Crippen molar-refractivity contribution in [1.29, 1.82) is 0 Å². The molecule has 1 atom stereocenters. The molecule has 0 aromatic heterocycles. The Hall–Kier alpha value is -2.74. The summed E-state index contributed by atoms with van der Waals surface area (Å²) >= 11 is 0. The molecule has 0 fully saturated rings. The molecular weight excluding hydrogens is 392 g/mol. The van der Waals surface area contributed by atoms with Gasteiger partial charge in [-0.3, -0.25) is 9.10 Å². The summed E-state index contributed by atoms with van der Waals surface area (Å²) in [6, 6.07) is 14.7. The van der Waals surface area contributed by atoms with E-state index >= 15 is 0 Å². The summed E-state index contributed by atoms with van der Waals surface area (Å²) in [6.07, 6.45) is 2.22. The van der Waals surface area contributed by atoms with Gasteiger partial charge in [-0.2, -0.15) is 0 Å². The summed E-state index contributed by atoms with van der Waals surface area (Å²) in [5, 5.41) is 2.90. The number of methoxy groups -OCH3 is 1. The number of carbonyl (C=O) groups is 1. The Balaban J connectivity index is 1.59. The number of para-hydroxylation sites is 3. The molecule has 0 radical (unpaired) electrons. The first-order valence-corrected chi connectivity index (χ1v) is 11.4. The van der Waals surface area contributed by atoms with Crippen LogP contribution in [0.3, 0.4) is 0 Å². The van der Waals surface area contributed by atoms with E-state index in [0.29, 0.717) is 18.0 Å². The first-order valence-electron chi connectivity index (χ1n) is 9.53. The van der Waals surface area contributed by atoms with Crippen molar-refractivity contribution >= 4 is 21.6 Å². The summed E-state index contributed by atoms with van der Waals surface area (Å²) in [4.78, 5) is 12.6. The number of amides is 1. The van der Waals surface area contributed by atoms with Crippen LogP contribution in [0.2, 0.25) is 0 Å². The predicted octanol–water partition coefficient (Wildman–Crippen LogP) is 2.36. The zero-order valence-corrected chi connectivity index (χ0v) is 17.4. The van der Waals surface area contributed by atoms with E-state index in [1.165, 1.54) is 4.31 Å². The van der Waals surface area contributed by atoms with Gasteiger partial charge in [-0.15, -0.1) is 0 Å². The molecule has 1 aliphatic heterocycles. The monoisotopic (exact) mass is 418 g/mol. The molecule has 0 saturated carbocycles. The molecule has 0 spiro atoms. The van der Waals surface area contributed by atoms with Crippen LogP contribution in [0.25, 0.3) is 0 Å². The van der Waals surface area contributed by atoms with Crippen LogP contribution in [-0.4, -0.2) is 46.9 Å². The van der Waals surface area contributed by atoms with Crippen LogP contribution >= 0.6 is 0 Å². The molecular formula is C21H26N2O5S. The number of carbonyl (C=O) groups excluding carboxylic acids is 1. The van der Waals surface area contributed by atoms with Gasteiger partial charge in [-0.25, -0.2) is 8.42 Å². The lowest BCUT2D eigenvalue weighted by Crippen LogP contribution is -2.40. The van der Waals surface area contributed by atoms with Gasteiger partial charge in [0.1, 0.15) is 11.5 Å². The van der Waals surface area contributed by atoms with Crippen LogP contribution in [-0.2, 0) is 21.2 Å². The number of ether oxygens (including phenoxy) is 2. The van der Waals surface area contributed by atoms with Crippen molar-refractivity contribution in [2.75, 3.05) is 30.8 Å². The average Bonchev–Trinajstić information content (AvgIpc) is 2.91. The SMILES string of the molecule is COc1ccccc1CCCNC(=O)C1CCN(S(C)(=O)=O)c2ccccc2O1. The van der Waals surface area contributed by atoms with Crippen LogP contribution in [0, 0.1) is 0 Å². The topological polar surface area (TPSA) is 84.9 Å². The summed E-state index contributed by atoms with van der Waals surface area (Å²) < 4.78 is 36.8. The molecule has 2 aromatic rings. The number of nitrogens with one attached hydrogen (secondary N) is 1. The van der Waals surface area contributed by atoms with Crippen molar-refractivity contribution in [3.05, 3.63) is 54.1 Å². The molecule has 3 rings (SSSR count). The second kappa shape index (κ2) is 9.17. The lowest BCUT2D eigenvalue weighted by Gasteiger charge is -2.20. The van der Waals surface area contributed by atoms with Gasteiger partial charge in [-0.1, -0.05) is 30.3 Å². The second-order valence-electron chi connectivity index (χ2n) is 6.90. The normalized spacial score (nSPS) is 16.3. The quantitative estimate of drug-likeness (QED) is 0.698. The van der Waals surface area contributed by atoms with E-state index in [1.807, 2.05) is 24.3 Å². The van der Waals surface area contributed by atoms with Gasteiger partial charge in [-0.05, 0) is 36.6 Å². The van der Waals surface area contributed by atoms with E-state index in [0.717, 1.165) is 30.4 Å². The maximum atomic E-state index is 12.6. The van der Waals surface area contributed by atoms with Gasteiger partial charge in [0.15, 0.2) is 6.10 Å². The van der Waals surface area contributed by atoms with E-state index in [2.05, 4.69) is 5.32 Å². The molecule has 0 aliphatic carbocycles. The number of sulfonamides is 1. The highest BCUT2D eigenvalue weighted by atomic mass is 32.2. The minimum absolute atomic E-state index is 0.190. The lowest BCUT2D eigenvalue weighted by molar-refractivity contribution is -0.128. The Labute approximate surface area is 171 Å². The summed E-state index contributed by atoms with van der Waals surface area (Å²) in [5.41, 5.74) is 1.55. The molecule has 0 saturated heterocycles. The minimum Gasteiger partial charge on any atom is -0.496 e. The van der Waals surface area contributed by atoms with Crippen molar-refractivity contribution in [3.63, 3.8) is 0 Å². The van der Waals surface area contributed by atoms with Gasteiger partial charge in [0.05, 0.1) is 19.1 Å². The zero-order chi connectivity index (χ0) is 20.9. The number of rotatable bonds is 7. The maximum Gasteiger partial charge on any atom is 0.261 e. The Morgan fingerprint density at radius 3 is 2.69 bits per heavy atom. The smallest absolute Gasteiger partial charge is 0.261 e. The molecule has 0 bridgehead atoms. The van der Waals surface area contributed by atoms with E-state index in [4.69, 9.17) is 9.47 Å². The fourth-order valence-electron chi connectivity index (χ4n) is 3.37. The number of hydrogen-bond donors (Lipinski definition) is 1. The highest BCUT2D eigenvalue weighted by Gasteiger charge is 2.30. The molecule has 29 heavy (non-hydrogen) atoms. The number of anilines is 1. The van der Waals surface area contributed by atoms with E-state index in [-0.39, 0.29) is 18.9 Å². The van der Waals surface area contributed by atoms with Crippen LogP contribution in [0.1, 0.15) is 18.4 Å². The van der Waals surface area contributed by atoms with Crippen LogP contribution in [0.15, 0.2) is 48.5 Å². The van der Waals surface area contributed by atoms with Crippen molar-refractivity contribution in [3.8, 4) is 11.5 Å². The Bertz CT molecular complexity index is 961. The third-order valence-electron chi connectivity index (χ3n) is 4.80. The fraction of sp³-hybridized carbons (Fsp3) is 0.381. The second-order valence-corrected chi connectivity index (χ2v) is 8.81. The van der Waals surface area contributed by atoms with Gasteiger partial charge in [0.2, 0.25) is 10.0 Å². The van der Waals surface area contributed by atoms with Crippen LogP contribution in [0.4, 0.5) is 5.69 Å². The van der Waals surface area contributed by atoms with E-state index in [1.54, 1.807) is 31.4 Å². The van der Waals surface area contributed by atoms with Gasteiger partial charge in [0.25, 0.3) is 5.91 Å². The van der Waals surface area contributed by atoms with Gasteiger partial charge < -0.3 is 14.8 Å². The highest BCUT2D eigenvalue weighted by Crippen LogP contribution is 2.33. The maximum absolute atomic E-state index is 12.6. The van der Waals surface area contributed by atoms with Crippen LogP contribution < -0.4 is 19.1 Å².